The number of carbonyl (C=O) groups excluding carboxylic acids is 4. The number of hydrogen-bond acceptors (Lipinski definition) is 7. The highest BCUT2D eigenvalue weighted by Crippen LogP contribution is 2.04. The van der Waals surface area contributed by atoms with E-state index >= 15 is 0 Å². The van der Waals surface area contributed by atoms with Gasteiger partial charge in [-0.25, -0.2) is 4.79 Å². The molecule has 0 saturated carbocycles. The number of primary amides is 1. The van der Waals surface area contributed by atoms with Gasteiger partial charge >= 0.3 is 5.97 Å². The molecule has 1 rings (SSSR count). The van der Waals surface area contributed by atoms with Crippen LogP contribution in [0.3, 0.4) is 0 Å². The molecule has 0 radical (unpaired) electrons. The summed E-state index contributed by atoms with van der Waals surface area (Å²) < 4.78 is 0. The van der Waals surface area contributed by atoms with Gasteiger partial charge in [0.1, 0.15) is 12.1 Å². The molecule has 3 unspecified atom stereocenters. The fourth-order valence-corrected chi connectivity index (χ4v) is 3.08. The number of nitrogens with one attached hydrogen (secondary N) is 3. The van der Waals surface area contributed by atoms with E-state index in [1.807, 2.05) is 18.2 Å². The van der Waals surface area contributed by atoms with Crippen molar-refractivity contribution in [3.05, 3.63) is 35.9 Å². The zero-order valence-corrected chi connectivity index (χ0v) is 19.0. The summed E-state index contributed by atoms with van der Waals surface area (Å²) in [4.78, 5) is 59.7. The molecule has 10 N–H and O–H groups in total. The van der Waals surface area contributed by atoms with Gasteiger partial charge in [0.2, 0.25) is 23.6 Å². The van der Waals surface area contributed by atoms with Gasteiger partial charge in [0.05, 0.1) is 12.6 Å². The van der Waals surface area contributed by atoms with Crippen LogP contribution in [0.25, 0.3) is 0 Å². The first-order valence-corrected chi connectivity index (χ1v) is 11.0. The van der Waals surface area contributed by atoms with Gasteiger partial charge in [-0.3, -0.25) is 19.2 Å². The largest absolute Gasteiger partial charge is 0.480 e. The number of nitrogens with two attached hydrogens (primary N) is 3. The molecule has 0 bridgehead atoms. The van der Waals surface area contributed by atoms with Gasteiger partial charge in [-0.05, 0) is 44.2 Å². The van der Waals surface area contributed by atoms with Gasteiger partial charge in [-0.15, -0.1) is 0 Å². The van der Waals surface area contributed by atoms with E-state index in [2.05, 4.69) is 16.0 Å². The monoisotopic (exact) mass is 478 g/mol. The number of carbonyl (C=O) groups is 5. The number of carboxylic acid groups (broad SMARTS) is 1. The summed E-state index contributed by atoms with van der Waals surface area (Å²) in [7, 11) is 0. The maximum atomic E-state index is 12.6. The van der Waals surface area contributed by atoms with Crippen LogP contribution in [0, 0.1) is 0 Å². The third kappa shape index (κ3) is 11.4. The number of benzene rings is 1. The highest BCUT2D eigenvalue weighted by molar-refractivity contribution is 5.93. The lowest BCUT2D eigenvalue weighted by molar-refractivity contribution is -0.142. The second kappa shape index (κ2) is 15.3. The topological polar surface area (TPSA) is 220 Å². The molecule has 12 nitrogen and oxygen atoms in total. The number of unbranched alkanes of at least 4 members (excludes halogenated alkanes) is 1. The van der Waals surface area contributed by atoms with E-state index in [1.54, 1.807) is 12.1 Å². The Labute approximate surface area is 198 Å². The number of carboxylic acids is 1. The predicted molar refractivity (Wildman–Crippen MR) is 124 cm³/mol. The molecule has 1 aromatic rings. The number of amides is 4. The Hall–Kier alpha value is -3.51. The average Bonchev–Trinajstić information content (AvgIpc) is 2.79. The molecule has 0 aliphatic rings. The third-order valence-corrected chi connectivity index (χ3v) is 4.95. The highest BCUT2D eigenvalue weighted by Gasteiger charge is 2.25. The number of rotatable bonds is 16. The van der Waals surface area contributed by atoms with Crippen LogP contribution in [0.5, 0.6) is 0 Å². The first kappa shape index (κ1) is 28.5. The van der Waals surface area contributed by atoms with Crippen LogP contribution in [0.1, 0.15) is 37.7 Å². The Morgan fingerprint density at radius 2 is 1.59 bits per heavy atom. The molecule has 4 amide bonds. The molecule has 0 saturated heterocycles. The number of hydrogen-bond donors (Lipinski definition) is 7. The molecule has 12 heteroatoms. The molecular formula is C22H34N6O6. The van der Waals surface area contributed by atoms with E-state index in [-0.39, 0.29) is 25.7 Å². The third-order valence-electron chi connectivity index (χ3n) is 4.95. The summed E-state index contributed by atoms with van der Waals surface area (Å²) in [6, 6.07) is 5.84. The molecule has 188 valence electrons. The Bertz CT molecular complexity index is 834. The van der Waals surface area contributed by atoms with Crippen molar-refractivity contribution in [2.24, 2.45) is 17.2 Å². The average molecular weight is 479 g/mol. The van der Waals surface area contributed by atoms with Crippen molar-refractivity contribution in [1.29, 1.82) is 0 Å². The summed E-state index contributed by atoms with van der Waals surface area (Å²) in [5.74, 6) is -3.92. The van der Waals surface area contributed by atoms with Gasteiger partial charge in [-0.1, -0.05) is 30.3 Å². The Morgan fingerprint density at radius 1 is 0.912 bits per heavy atom. The predicted octanol–water partition coefficient (Wildman–Crippen LogP) is -1.88. The zero-order chi connectivity index (χ0) is 25.5. The van der Waals surface area contributed by atoms with Gasteiger partial charge in [0, 0.05) is 6.42 Å². The fraction of sp³-hybridized carbons (Fsp3) is 0.500. The van der Waals surface area contributed by atoms with Crippen molar-refractivity contribution in [3.8, 4) is 0 Å². The zero-order valence-electron chi connectivity index (χ0n) is 19.0. The van der Waals surface area contributed by atoms with E-state index in [0.29, 0.717) is 19.4 Å². The minimum Gasteiger partial charge on any atom is -0.480 e. The molecule has 1 aromatic carbocycles. The second-order valence-corrected chi connectivity index (χ2v) is 7.82. The normalized spacial score (nSPS) is 13.2. The minimum absolute atomic E-state index is 0.0938. The smallest absolute Gasteiger partial charge is 0.326 e. The van der Waals surface area contributed by atoms with Gasteiger partial charge in [0.25, 0.3) is 0 Å². The molecule has 0 spiro atoms. The van der Waals surface area contributed by atoms with Crippen LogP contribution in [0.4, 0.5) is 0 Å². The standard InChI is InChI=1S/C22H34N6O6/c23-11-5-4-8-17(22(33)34)27-19(30)13-26-21(32)16(9-10-18(25)29)28-20(31)15(24)12-14-6-2-1-3-7-14/h1-3,6-7,15-17H,4-5,8-13,23-24H2,(H2,25,29)(H,26,32)(H,27,30)(H,28,31)(H,33,34). The summed E-state index contributed by atoms with van der Waals surface area (Å²) >= 11 is 0. The molecular weight excluding hydrogens is 444 g/mol. The summed E-state index contributed by atoms with van der Waals surface area (Å²) in [5.41, 5.74) is 17.3. The van der Waals surface area contributed by atoms with Gasteiger partial charge in [-0.2, -0.15) is 0 Å². The van der Waals surface area contributed by atoms with Crippen LogP contribution < -0.4 is 33.2 Å². The molecule has 0 aliphatic heterocycles. The van der Waals surface area contributed by atoms with Gasteiger partial charge < -0.3 is 38.3 Å². The van der Waals surface area contributed by atoms with Crippen molar-refractivity contribution < 1.29 is 29.1 Å². The lowest BCUT2D eigenvalue weighted by atomic mass is 10.0. The van der Waals surface area contributed by atoms with Crippen LogP contribution in [-0.4, -0.2) is 65.9 Å². The summed E-state index contributed by atoms with van der Waals surface area (Å²) in [6.45, 7) is -0.109. The first-order chi connectivity index (χ1) is 16.1. The van der Waals surface area contributed by atoms with Crippen LogP contribution in [0.2, 0.25) is 0 Å². The molecule has 34 heavy (non-hydrogen) atoms. The Balaban J connectivity index is 2.66. The van der Waals surface area contributed by atoms with Crippen LogP contribution in [-0.2, 0) is 30.4 Å². The Morgan fingerprint density at radius 3 is 2.18 bits per heavy atom. The van der Waals surface area contributed by atoms with E-state index < -0.39 is 54.3 Å². The van der Waals surface area contributed by atoms with Crippen LogP contribution >= 0.6 is 0 Å². The minimum atomic E-state index is -1.20. The van der Waals surface area contributed by atoms with E-state index in [1.165, 1.54) is 0 Å². The van der Waals surface area contributed by atoms with E-state index in [0.717, 1.165) is 5.56 Å². The summed E-state index contributed by atoms with van der Waals surface area (Å²) in [5, 5.41) is 16.4. The van der Waals surface area contributed by atoms with Crippen molar-refractivity contribution in [2.75, 3.05) is 13.1 Å². The van der Waals surface area contributed by atoms with E-state index in [9.17, 15) is 29.1 Å². The quantitative estimate of drug-likeness (QED) is 0.133. The molecule has 0 heterocycles. The van der Waals surface area contributed by atoms with Crippen molar-refractivity contribution in [3.63, 3.8) is 0 Å². The Kier molecular flexibility index (Phi) is 12.9. The SMILES string of the molecule is NCCCCC(NC(=O)CNC(=O)C(CCC(N)=O)NC(=O)C(N)Cc1ccccc1)C(=O)O. The molecule has 3 atom stereocenters. The number of aliphatic carboxylic acids is 1. The van der Waals surface area contributed by atoms with Crippen molar-refractivity contribution in [1.82, 2.24) is 16.0 Å². The van der Waals surface area contributed by atoms with Crippen molar-refractivity contribution >= 4 is 29.6 Å². The maximum Gasteiger partial charge on any atom is 0.326 e. The lowest BCUT2D eigenvalue weighted by Gasteiger charge is -2.21. The fourth-order valence-electron chi connectivity index (χ4n) is 3.08. The van der Waals surface area contributed by atoms with E-state index in [4.69, 9.17) is 17.2 Å². The molecule has 0 aromatic heterocycles. The maximum absolute atomic E-state index is 12.6. The van der Waals surface area contributed by atoms with Gasteiger partial charge in [0.15, 0.2) is 0 Å². The lowest BCUT2D eigenvalue weighted by Crippen LogP contribution is -2.54. The first-order valence-electron chi connectivity index (χ1n) is 11.0. The summed E-state index contributed by atoms with van der Waals surface area (Å²) in [6.07, 6.45) is 1.29. The molecule has 0 fully saturated rings. The second-order valence-electron chi connectivity index (χ2n) is 7.82. The van der Waals surface area contributed by atoms with Crippen LogP contribution in [0.15, 0.2) is 30.3 Å². The van der Waals surface area contributed by atoms with Crippen molar-refractivity contribution in [2.45, 2.75) is 56.7 Å². The molecule has 0 aliphatic carbocycles. The highest BCUT2D eigenvalue weighted by atomic mass is 16.4.